The van der Waals surface area contributed by atoms with Gasteiger partial charge in [0.15, 0.2) is 0 Å². The van der Waals surface area contributed by atoms with Crippen LogP contribution in [0.4, 0.5) is 0 Å². The highest BCUT2D eigenvalue weighted by Crippen LogP contribution is 2.20. The average Bonchev–Trinajstić information content (AvgIpc) is 2.29. The molecule has 1 N–H and O–H groups in total. The second-order valence-electron chi connectivity index (χ2n) is 4.23. The highest BCUT2D eigenvalue weighted by molar-refractivity contribution is 7.84. The summed E-state index contributed by atoms with van der Waals surface area (Å²) in [6, 6.07) is 8.17. The number of hydrogen-bond donors (Lipinski definition) is 1. The van der Waals surface area contributed by atoms with Crippen LogP contribution in [-0.4, -0.2) is 22.3 Å². The molecule has 0 heterocycles. The van der Waals surface area contributed by atoms with Crippen molar-refractivity contribution in [2.45, 2.75) is 31.6 Å². The molecule has 2 nitrogen and oxygen atoms in total. The van der Waals surface area contributed by atoms with Crippen molar-refractivity contribution in [1.82, 2.24) is 5.32 Å². The van der Waals surface area contributed by atoms with Crippen LogP contribution in [0.25, 0.3) is 0 Å². The smallest absolute Gasteiger partial charge is 0.0441 e. The Labute approximate surface area is 111 Å². The summed E-state index contributed by atoms with van der Waals surface area (Å²) in [5, 5.41) is 4.37. The van der Waals surface area contributed by atoms with E-state index < -0.39 is 10.8 Å². The van der Waals surface area contributed by atoms with E-state index in [1.54, 1.807) is 6.26 Å². The Kier molecular flexibility index (Phi) is 6.17. The van der Waals surface area contributed by atoms with Crippen molar-refractivity contribution in [3.8, 4) is 0 Å². The molecule has 0 bridgehead atoms. The molecule has 0 aliphatic rings. The molecule has 0 spiro atoms. The first-order valence-electron chi connectivity index (χ1n) is 5.85. The lowest BCUT2D eigenvalue weighted by Crippen LogP contribution is -2.30. The van der Waals surface area contributed by atoms with E-state index in [4.69, 9.17) is 11.6 Å². The van der Waals surface area contributed by atoms with E-state index in [9.17, 15) is 4.21 Å². The van der Waals surface area contributed by atoms with Crippen LogP contribution in [0.2, 0.25) is 5.02 Å². The number of rotatable bonds is 6. The second-order valence-corrected chi connectivity index (χ2v) is 6.47. The zero-order valence-electron chi connectivity index (χ0n) is 10.6. The third-order valence-electron chi connectivity index (χ3n) is 2.88. The third kappa shape index (κ3) is 4.78. The van der Waals surface area contributed by atoms with Crippen LogP contribution < -0.4 is 5.32 Å². The molecule has 0 saturated carbocycles. The Balaban J connectivity index is 2.63. The highest BCUT2D eigenvalue weighted by atomic mass is 35.5. The quantitative estimate of drug-likeness (QED) is 0.863. The standard InChI is InChI=1S/C13H20ClNOS/c1-4-13(15-9-10(2)17(3)16)11-6-5-7-12(14)8-11/h5-8,10,13,15H,4,9H2,1-3H3. The van der Waals surface area contributed by atoms with Gasteiger partial charge in [-0.3, -0.25) is 4.21 Å². The highest BCUT2D eigenvalue weighted by Gasteiger charge is 2.12. The van der Waals surface area contributed by atoms with Gasteiger partial charge in [-0.05, 0) is 31.0 Å². The molecule has 4 heteroatoms. The van der Waals surface area contributed by atoms with E-state index in [2.05, 4.69) is 18.3 Å². The molecule has 3 atom stereocenters. The summed E-state index contributed by atoms with van der Waals surface area (Å²) in [5.41, 5.74) is 1.19. The van der Waals surface area contributed by atoms with Gasteiger partial charge < -0.3 is 5.32 Å². The molecular formula is C13H20ClNOS. The lowest BCUT2D eigenvalue weighted by molar-refractivity contribution is 0.519. The molecule has 96 valence electrons. The monoisotopic (exact) mass is 273 g/mol. The van der Waals surface area contributed by atoms with Gasteiger partial charge in [0.2, 0.25) is 0 Å². The lowest BCUT2D eigenvalue weighted by atomic mass is 10.0. The van der Waals surface area contributed by atoms with Gasteiger partial charge in [0, 0.05) is 39.9 Å². The summed E-state index contributed by atoms with van der Waals surface area (Å²) < 4.78 is 11.3. The molecular weight excluding hydrogens is 254 g/mol. The lowest BCUT2D eigenvalue weighted by Gasteiger charge is -2.19. The summed E-state index contributed by atoms with van der Waals surface area (Å²) in [5.74, 6) is 0. The number of nitrogens with one attached hydrogen (secondary N) is 1. The van der Waals surface area contributed by atoms with Crippen LogP contribution >= 0.6 is 11.6 Å². The molecule has 0 amide bonds. The summed E-state index contributed by atoms with van der Waals surface area (Å²) in [7, 11) is -0.778. The molecule has 0 aromatic heterocycles. The fourth-order valence-corrected chi connectivity index (χ4v) is 2.18. The van der Waals surface area contributed by atoms with Crippen LogP contribution in [-0.2, 0) is 10.8 Å². The van der Waals surface area contributed by atoms with Crippen LogP contribution in [0, 0.1) is 0 Å². The van der Waals surface area contributed by atoms with E-state index in [1.807, 2.05) is 25.1 Å². The Morgan fingerprint density at radius 1 is 1.47 bits per heavy atom. The van der Waals surface area contributed by atoms with E-state index >= 15 is 0 Å². The molecule has 1 aromatic rings. The van der Waals surface area contributed by atoms with E-state index in [0.29, 0.717) is 0 Å². The van der Waals surface area contributed by atoms with Crippen molar-refractivity contribution in [2.75, 3.05) is 12.8 Å². The van der Waals surface area contributed by atoms with Gasteiger partial charge in [0.05, 0.1) is 0 Å². The second kappa shape index (κ2) is 7.14. The number of hydrogen-bond acceptors (Lipinski definition) is 2. The molecule has 0 aliphatic heterocycles. The predicted molar refractivity (Wildman–Crippen MR) is 76.0 cm³/mol. The molecule has 17 heavy (non-hydrogen) atoms. The molecule has 1 rings (SSSR count). The maximum Gasteiger partial charge on any atom is 0.0441 e. The first-order valence-corrected chi connectivity index (χ1v) is 7.85. The molecule has 0 fully saturated rings. The van der Waals surface area contributed by atoms with Crippen LogP contribution in [0.5, 0.6) is 0 Å². The van der Waals surface area contributed by atoms with Crippen molar-refractivity contribution < 1.29 is 4.21 Å². The minimum Gasteiger partial charge on any atom is -0.309 e. The summed E-state index contributed by atoms with van der Waals surface area (Å²) in [4.78, 5) is 0. The third-order valence-corrected chi connectivity index (χ3v) is 4.41. The minimum atomic E-state index is -0.778. The molecule has 0 saturated heterocycles. The normalized spacial score (nSPS) is 16.5. The first-order chi connectivity index (χ1) is 8.04. The summed E-state index contributed by atoms with van der Waals surface area (Å²) in [6.45, 7) is 4.88. The largest absolute Gasteiger partial charge is 0.309 e. The van der Waals surface area contributed by atoms with E-state index in [-0.39, 0.29) is 11.3 Å². The van der Waals surface area contributed by atoms with Crippen molar-refractivity contribution in [3.05, 3.63) is 34.9 Å². The molecule has 1 aromatic carbocycles. The van der Waals surface area contributed by atoms with Crippen molar-refractivity contribution in [2.24, 2.45) is 0 Å². The van der Waals surface area contributed by atoms with Crippen molar-refractivity contribution >= 4 is 22.4 Å². The van der Waals surface area contributed by atoms with Crippen LogP contribution in [0.3, 0.4) is 0 Å². The Bertz CT molecular complexity index is 383. The van der Waals surface area contributed by atoms with E-state index in [0.717, 1.165) is 18.0 Å². The fraction of sp³-hybridized carbons (Fsp3) is 0.538. The Hall–Kier alpha value is -0.380. The van der Waals surface area contributed by atoms with E-state index in [1.165, 1.54) is 5.56 Å². The minimum absolute atomic E-state index is 0.170. The average molecular weight is 274 g/mol. The van der Waals surface area contributed by atoms with Crippen molar-refractivity contribution in [3.63, 3.8) is 0 Å². The van der Waals surface area contributed by atoms with Gasteiger partial charge in [-0.2, -0.15) is 0 Å². The maximum absolute atomic E-state index is 11.3. The van der Waals surface area contributed by atoms with Gasteiger partial charge in [-0.1, -0.05) is 30.7 Å². The Morgan fingerprint density at radius 3 is 2.71 bits per heavy atom. The Morgan fingerprint density at radius 2 is 2.18 bits per heavy atom. The molecule has 0 radical (unpaired) electrons. The fourth-order valence-electron chi connectivity index (χ4n) is 1.65. The van der Waals surface area contributed by atoms with Gasteiger partial charge in [0.25, 0.3) is 0 Å². The topological polar surface area (TPSA) is 29.1 Å². The van der Waals surface area contributed by atoms with Gasteiger partial charge in [-0.25, -0.2) is 0 Å². The van der Waals surface area contributed by atoms with Crippen molar-refractivity contribution in [1.29, 1.82) is 0 Å². The van der Waals surface area contributed by atoms with Gasteiger partial charge >= 0.3 is 0 Å². The van der Waals surface area contributed by atoms with Crippen LogP contribution in [0.1, 0.15) is 31.9 Å². The number of benzene rings is 1. The summed E-state index contributed by atoms with van der Waals surface area (Å²) >= 11 is 5.98. The van der Waals surface area contributed by atoms with Gasteiger partial charge in [0.1, 0.15) is 0 Å². The predicted octanol–water partition coefficient (Wildman–Crippen LogP) is 3.15. The summed E-state index contributed by atoms with van der Waals surface area (Å²) in [6.07, 6.45) is 2.73. The maximum atomic E-state index is 11.3. The van der Waals surface area contributed by atoms with Gasteiger partial charge in [-0.15, -0.1) is 0 Å². The zero-order chi connectivity index (χ0) is 12.8. The SMILES string of the molecule is CCC(NCC(C)S(C)=O)c1cccc(Cl)c1. The molecule has 3 unspecified atom stereocenters. The first kappa shape index (κ1) is 14.7. The zero-order valence-corrected chi connectivity index (χ0v) is 12.1. The molecule has 0 aliphatic carbocycles. The number of halogens is 1. The van der Waals surface area contributed by atoms with Crippen LogP contribution in [0.15, 0.2) is 24.3 Å².